The second-order valence-electron chi connectivity index (χ2n) is 6.18. The molecule has 0 saturated carbocycles. The quantitative estimate of drug-likeness (QED) is 0.464. The standard InChI is InChI=1S/C22H19BrN2O4S/c1-29-21-9-5-4-8-20(21)25-30(27,28)17-13-10-16(11-14-17)12-15-22(26)24-19-7-3-2-6-18(19)23/h2-15,25H,1H3,(H,24,26). The monoisotopic (exact) mass is 486 g/mol. The summed E-state index contributed by atoms with van der Waals surface area (Å²) in [6.45, 7) is 0. The maximum absolute atomic E-state index is 12.6. The van der Waals surface area contributed by atoms with Crippen molar-refractivity contribution in [1.82, 2.24) is 0 Å². The van der Waals surface area contributed by atoms with Crippen molar-refractivity contribution in [2.45, 2.75) is 4.90 Å². The molecule has 154 valence electrons. The Labute approximate surface area is 183 Å². The summed E-state index contributed by atoms with van der Waals surface area (Å²) in [7, 11) is -2.30. The van der Waals surface area contributed by atoms with Crippen molar-refractivity contribution in [3.63, 3.8) is 0 Å². The number of ether oxygens (including phenoxy) is 1. The van der Waals surface area contributed by atoms with E-state index in [2.05, 4.69) is 26.0 Å². The van der Waals surface area contributed by atoms with E-state index in [-0.39, 0.29) is 10.8 Å². The molecule has 0 atom stereocenters. The molecule has 30 heavy (non-hydrogen) atoms. The first-order valence-electron chi connectivity index (χ1n) is 8.88. The lowest BCUT2D eigenvalue weighted by atomic mass is 10.2. The summed E-state index contributed by atoms with van der Waals surface area (Å²) >= 11 is 3.37. The molecule has 0 aliphatic carbocycles. The minimum atomic E-state index is -3.78. The van der Waals surface area contributed by atoms with Crippen molar-refractivity contribution < 1.29 is 17.9 Å². The Hall–Kier alpha value is -3.10. The number of nitrogens with one attached hydrogen (secondary N) is 2. The Morgan fingerprint density at radius 3 is 2.23 bits per heavy atom. The lowest BCUT2D eigenvalue weighted by Gasteiger charge is -2.11. The molecule has 3 aromatic rings. The molecule has 0 aliphatic rings. The highest BCUT2D eigenvalue weighted by Crippen LogP contribution is 2.26. The number of carbonyl (C=O) groups excluding carboxylic acids is 1. The smallest absolute Gasteiger partial charge is 0.262 e. The SMILES string of the molecule is COc1ccccc1NS(=O)(=O)c1ccc(C=CC(=O)Nc2ccccc2Br)cc1. The summed E-state index contributed by atoms with van der Waals surface area (Å²) in [6.07, 6.45) is 2.99. The van der Waals surface area contributed by atoms with Crippen molar-refractivity contribution in [3.8, 4) is 5.75 Å². The zero-order valence-corrected chi connectivity index (χ0v) is 18.4. The van der Waals surface area contributed by atoms with E-state index in [0.29, 0.717) is 22.7 Å². The molecular formula is C22H19BrN2O4S. The zero-order chi connectivity index (χ0) is 21.6. The second kappa shape index (κ2) is 9.60. The number of halogens is 1. The van der Waals surface area contributed by atoms with Crippen LogP contribution in [0.15, 0.2) is 88.2 Å². The first-order valence-corrected chi connectivity index (χ1v) is 11.2. The minimum Gasteiger partial charge on any atom is -0.495 e. The van der Waals surface area contributed by atoms with Crippen LogP contribution in [0.3, 0.4) is 0 Å². The number of para-hydroxylation sites is 3. The third-order valence-corrected chi connectivity index (χ3v) is 6.17. The maximum Gasteiger partial charge on any atom is 0.262 e. The van der Waals surface area contributed by atoms with Crippen LogP contribution in [0.25, 0.3) is 6.08 Å². The first kappa shape index (κ1) is 21.6. The third kappa shape index (κ3) is 5.49. The molecule has 0 aliphatic heterocycles. The largest absolute Gasteiger partial charge is 0.495 e. The molecule has 0 heterocycles. The van der Waals surface area contributed by atoms with Gasteiger partial charge >= 0.3 is 0 Å². The molecule has 1 amide bonds. The number of sulfonamides is 1. The molecule has 6 nitrogen and oxygen atoms in total. The molecule has 0 saturated heterocycles. The highest BCUT2D eigenvalue weighted by atomic mass is 79.9. The predicted molar refractivity (Wildman–Crippen MR) is 122 cm³/mol. The van der Waals surface area contributed by atoms with Crippen LogP contribution in [0.2, 0.25) is 0 Å². The van der Waals surface area contributed by atoms with E-state index in [0.717, 1.165) is 4.47 Å². The van der Waals surface area contributed by atoms with Gasteiger partial charge in [-0.3, -0.25) is 9.52 Å². The number of carbonyl (C=O) groups is 1. The predicted octanol–water partition coefficient (Wildman–Crippen LogP) is 4.91. The van der Waals surface area contributed by atoms with Gasteiger partial charge in [-0.1, -0.05) is 36.4 Å². The topological polar surface area (TPSA) is 84.5 Å². The van der Waals surface area contributed by atoms with Crippen LogP contribution in [-0.4, -0.2) is 21.4 Å². The van der Waals surface area contributed by atoms with Gasteiger partial charge in [0.1, 0.15) is 5.75 Å². The number of methoxy groups -OCH3 is 1. The Morgan fingerprint density at radius 2 is 1.57 bits per heavy atom. The fraction of sp³-hybridized carbons (Fsp3) is 0.0455. The highest BCUT2D eigenvalue weighted by Gasteiger charge is 2.16. The van der Waals surface area contributed by atoms with Gasteiger partial charge in [0.05, 0.1) is 23.4 Å². The third-order valence-electron chi connectivity index (χ3n) is 4.10. The van der Waals surface area contributed by atoms with Gasteiger partial charge in [-0.2, -0.15) is 0 Å². The van der Waals surface area contributed by atoms with Crippen LogP contribution < -0.4 is 14.8 Å². The second-order valence-corrected chi connectivity index (χ2v) is 8.71. The average molecular weight is 487 g/mol. The van der Waals surface area contributed by atoms with E-state index in [9.17, 15) is 13.2 Å². The van der Waals surface area contributed by atoms with Crippen molar-refractivity contribution in [2.75, 3.05) is 17.1 Å². The van der Waals surface area contributed by atoms with Gasteiger partial charge in [-0.05, 0) is 64.0 Å². The van der Waals surface area contributed by atoms with E-state index >= 15 is 0 Å². The van der Waals surface area contributed by atoms with Crippen molar-refractivity contribution in [2.24, 2.45) is 0 Å². The fourth-order valence-corrected chi connectivity index (χ4v) is 4.05. The number of benzene rings is 3. The molecule has 2 N–H and O–H groups in total. The summed E-state index contributed by atoms with van der Waals surface area (Å²) in [5, 5.41) is 2.76. The summed E-state index contributed by atoms with van der Waals surface area (Å²) in [6, 6.07) is 20.3. The van der Waals surface area contributed by atoms with Gasteiger partial charge in [-0.25, -0.2) is 8.42 Å². The van der Waals surface area contributed by atoms with Crippen LogP contribution in [0.5, 0.6) is 5.75 Å². The van der Waals surface area contributed by atoms with Crippen LogP contribution in [0.1, 0.15) is 5.56 Å². The highest BCUT2D eigenvalue weighted by molar-refractivity contribution is 9.10. The molecule has 0 bridgehead atoms. The lowest BCUT2D eigenvalue weighted by Crippen LogP contribution is -2.13. The van der Waals surface area contributed by atoms with Crippen LogP contribution in [-0.2, 0) is 14.8 Å². The molecule has 8 heteroatoms. The zero-order valence-electron chi connectivity index (χ0n) is 16.0. The number of hydrogen-bond acceptors (Lipinski definition) is 4. The molecule has 0 spiro atoms. The minimum absolute atomic E-state index is 0.100. The van der Waals surface area contributed by atoms with Crippen molar-refractivity contribution in [3.05, 3.63) is 88.9 Å². The van der Waals surface area contributed by atoms with E-state index in [1.807, 2.05) is 18.2 Å². The summed E-state index contributed by atoms with van der Waals surface area (Å²) in [5.41, 5.74) is 1.71. The molecule has 3 aromatic carbocycles. The number of rotatable bonds is 7. The van der Waals surface area contributed by atoms with Gasteiger partial charge in [0, 0.05) is 10.5 Å². The molecule has 0 aromatic heterocycles. The fourth-order valence-electron chi connectivity index (χ4n) is 2.60. The van der Waals surface area contributed by atoms with Crippen molar-refractivity contribution in [1.29, 1.82) is 0 Å². The summed E-state index contributed by atoms with van der Waals surface area (Å²) in [4.78, 5) is 12.2. The molecule has 3 rings (SSSR count). The van der Waals surface area contributed by atoms with E-state index in [1.54, 1.807) is 48.5 Å². The van der Waals surface area contributed by atoms with Gasteiger partial charge in [-0.15, -0.1) is 0 Å². The van der Waals surface area contributed by atoms with E-state index in [1.165, 1.54) is 25.3 Å². The van der Waals surface area contributed by atoms with Crippen LogP contribution in [0, 0.1) is 0 Å². The van der Waals surface area contributed by atoms with Gasteiger partial charge in [0.25, 0.3) is 10.0 Å². The molecule has 0 radical (unpaired) electrons. The Bertz CT molecular complexity index is 1180. The number of hydrogen-bond donors (Lipinski definition) is 2. The maximum atomic E-state index is 12.6. The summed E-state index contributed by atoms with van der Waals surface area (Å²) < 4.78 is 33.7. The van der Waals surface area contributed by atoms with E-state index < -0.39 is 10.0 Å². The lowest BCUT2D eigenvalue weighted by molar-refractivity contribution is -0.111. The molecule has 0 unspecified atom stereocenters. The van der Waals surface area contributed by atoms with Crippen LogP contribution in [0.4, 0.5) is 11.4 Å². The van der Waals surface area contributed by atoms with Gasteiger partial charge < -0.3 is 10.1 Å². The Morgan fingerprint density at radius 1 is 0.933 bits per heavy atom. The average Bonchev–Trinajstić information content (AvgIpc) is 2.74. The Kier molecular flexibility index (Phi) is 6.91. The molecule has 0 fully saturated rings. The van der Waals surface area contributed by atoms with E-state index in [4.69, 9.17) is 4.74 Å². The molecular weight excluding hydrogens is 468 g/mol. The van der Waals surface area contributed by atoms with Gasteiger partial charge in [0.15, 0.2) is 0 Å². The van der Waals surface area contributed by atoms with Gasteiger partial charge in [0.2, 0.25) is 5.91 Å². The number of amides is 1. The van der Waals surface area contributed by atoms with Crippen LogP contribution >= 0.6 is 15.9 Å². The first-order chi connectivity index (χ1) is 14.4. The summed E-state index contributed by atoms with van der Waals surface area (Å²) in [5.74, 6) is 0.133. The number of anilines is 2. The Balaban J connectivity index is 1.69. The normalized spacial score (nSPS) is 11.3. The van der Waals surface area contributed by atoms with Crippen molar-refractivity contribution >= 4 is 49.3 Å².